The average molecular weight is 252 g/mol. The van der Waals surface area contributed by atoms with Crippen molar-refractivity contribution in [2.75, 3.05) is 7.11 Å². The average Bonchev–Trinajstić information content (AvgIpc) is 2.93. The fourth-order valence-corrected chi connectivity index (χ4v) is 2.13. The Morgan fingerprint density at radius 2 is 2.05 bits per heavy atom. The summed E-state index contributed by atoms with van der Waals surface area (Å²) in [4.78, 5) is 11.8. The van der Waals surface area contributed by atoms with E-state index in [0.29, 0.717) is 5.56 Å². The zero-order valence-electron chi connectivity index (χ0n) is 10.4. The van der Waals surface area contributed by atoms with Crippen LogP contribution >= 0.6 is 0 Å². The fraction of sp³-hybridized carbons (Fsp3) is 0.0667. The van der Waals surface area contributed by atoms with Crippen molar-refractivity contribution in [1.82, 2.24) is 10.2 Å². The van der Waals surface area contributed by atoms with Crippen LogP contribution in [-0.4, -0.2) is 23.3 Å². The Kier molecular flexibility index (Phi) is 2.76. The van der Waals surface area contributed by atoms with E-state index >= 15 is 0 Å². The van der Waals surface area contributed by atoms with Crippen molar-refractivity contribution in [1.29, 1.82) is 0 Å². The molecule has 0 aliphatic carbocycles. The van der Waals surface area contributed by atoms with Crippen LogP contribution in [0.25, 0.3) is 22.0 Å². The van der Waals surface area contributed by atoms with E-state index in [-0.39, 0.29) is 5.97 Å². The molecule has 4 nitrogen and oxygen atoms in total. The third kappa shape index (κ3) is 1.97. The summed E-state index contributed by atoms with van der Waals surface area (Å²) in [5, 5.41) is 7.91. The summed E-state index contributed by atoms with van der Waals surface area (Å²) in [6.45, 7) is 0. The highest BCUT2D eigenvalue weighted by Gasteiger charge is 2.12. The van der Waals surface area contributed by atoms with Gasteiger partial charge >= 0.3 is 5.97 Å². The first kappa shape index (κ1) is 11.5. The van der Waals surface area contributed by atoms with Crippen LogP contribution in [-0.2, 0) is 4.74 Å². The quantitative estimate of drug-likeness (QED) is 0.713. The van der Waals surface area contributed by atoms with Gasteiger partial charge in [0.15, 0.2) is 0 Å². The largest absolute Gasteiger partial charge is 0.465 e. The van der Waals surface area contributed by atoms with E-state index < -0.39 is 0 Å². The number of carbonyl (C=O) groups is 1. The zero-order chi connectivity index (χ0) is 13.2. The standard InChI is InChI=1S/C15H12N2O2/c1-19-15(18)13-5-3-2-4-12(13)10-6-7-14-11(8-10)9-16-17-14/h2-9H,1H3,(H,16,17). The van der Waals surface area contributed by atoms with E-state index in [0.717, 1.165) is 22.0 Å². The van der Waals surface area contributed by atoms with Crippen molar-refractivity contribution in [3.05, 3.63) is 54.2 Å². The molecule has 0 fully saturated rings. The number of rotatable bonds is 2. The molecule has 1 N–H and O–H groups in total. The van der Waals surface area contributed by atoms with Crippen molar-refractivity contribution in [3.8, 4) is 11.1 Å². The van der Waals surface area contributed by atoms with Gasteiger partial charge in [-0.15, -0.1) is 0 Å². The van der Waals surface area contributed by atoms with E-state index in [2.05, 4.69) is 10.2 Å². The molecule has 3 aromatic rings. The van der Waals surface area contributed by atoms with Crippen molar-refractivity contribution < 1.29 is 9.53 Å². The van der Waals surface area contributed by atoms with Gasteiger partial charge in [0.05, 0.1) is 24.4 Å². The van der Waals surface area contributed by atoms with Gasteiger partial charge in [-0.3, -0.25) is 5.10 Å². The normalized spacial score (nSPS) is 10.6. The molecule has 0 atom stereocenters. The van der Waals surface area contributed by atoms with Crippen molar-refractivity contribution in [2.24, 2.45) is 0 Å². The molecule has 0 saturated carbocycles. The molecule has 0 aliphatic rings. The Bertz CT molecular complexity index is 746. The molecule has 1 heterocycles. The number of carbonyl (C=O) groups excluding carboxylic acids is 1. The molecular formula is C15H12N2O2. The molecule has 19 heavy (non-hydrogen) atoms. The third-order valence-electron chi connectivity index (χ3n) is 3.08. The topological polar surface area (TPSA) is 55.0 Å². The lowest BCUT2D eigenvalue weighted by Crippen LogP contribution is -2.03. The number of ether oxygens (including phenoxy) is 1. The Morgan fingerprint density at radius 3 is 2.89 bits per heavy atom. The second-order valence-electron chi connectivity index (χ2n) is 4.21. The molecule has 94 valence electrons. The second kappa shape index (κ2) is 4.57. The second-order valence-corrected chi connectivity index (χ2v) is 4.21. The van der Waals surface area contributed by atoms with Gasteiger partial charge < -0.3 is 4.74 Å². The van der Waals surface area contributed by atoms with Crippen molar-refractivity contribution in [2.45, 2.75) is 0 Å². The first-order chi connectivity index (χ1) is 9.29. The van der Waals surface area contributed by atoms with Gasteiger partial charge in [0, 0.05) is 5.39 Å². The summed E-state index contributed by atoms with van der Waals surface area (Å²) >= 11 is 0. The number of methoxy groups -OCH3 is 1. The Morgan fingerprint density at radius 1 is 1.21 bits per heavy atom. The summed E-state index contributed by atoms with van der Waals surface area (Å²) in [6, 6.07) is 13.3. The number of aromatic nitrogens is 2. The predicted molar refractivity (Wildman–Crippen MR) is 72.9 cm³/mol. The van der Waals surface area contributed by atoms with Crippen LogP contribution in [0.3, 0.4) is 0 Å². The van der Waals surface area contributed by atoms with Gasteiger partial charge in [-0.05, 0) is 29.3 Å². The number of H-pyrrole nitrogens is 1. The van der Waals surface area contributed by atoms with E-state index in [9.17, 15) is 4.79 Å². The van der Waals surface area contributed by atoms with Crippen LogP contribution in [0.2, 0.25) is 0 Å². The molecule has 1 aromatic heterocycles. The van der Waals surface area contributed by atoms with Gasteiger partial charge in [0.1, 0.15) is 0 Å². The minimum atomic E-state index is -0.331. The van der Waals surface area contributed by atoms with Crippen LogP contribution in [0.1, 0.15) is 10.4 Å². The van der Waals surface area contributed by atoms with E-state index in [1.54, 1.807) is 12.3 Å². The van der Waals surface area contributed by atoms with Crippen molar-refractivity contribution in [3.63, 3.8) is 0 Å². The van der Waals surface area contributed by atoms with Crippen LogP contribution in [0.5, 0.6) is 0 Å². The highest BCUT2D eigenvalue weighted by atomic mass is 16.5. The lowest BCUT2D eigenvalue weighted by atomic mass is 9.99. The molecule has 0 amide bonds. The maximum Gasteiger partial charge on any atom is 0.338 e. The molecule has 3 rings (SSSR count). The monoisotopic (exact) mass is 252 g/mol. The van der Waals surface area contributed by atoms with Gasteiger partial charge in [0.25, 0.3) is 0 Å². The highest BCUT2D eigenvalue weighted by Crippen LogP contribution is 2.26. The molecule has 4 heteroatoms. The number of hydrogen-bond acceptors (Lipinski definition) is 3. The first-order valence-electron chi connectivity index (χ1n) is 5.90. The lowest BCUT2D eigenvalue weighted by molar-refractivity contribution is 0.0601. The fourth-order valence-electron chi connectivity index (χ4n) is 2.13. The highest BCUT2D eigenvalue weighted by molar-refractivity contribution is 5.98. The van der Waals surface area contributed by atoms with Gasteiger partial charge in [-0.2, -0.15) is 5.10 Å². The Hall–Kier alpha value is -2.62. The number of fused-ring (bicyclic) bond motifs is 1. The van der Waals surface area contributed by atoms with Crippen molar-refractivity contribution >= 4 is 16.9 Å². The summed E-state index contributed by atoms with van der Waals surface area (Å²) in [7, 11) is 1.39. The molecule has 0 unspecified atom stereocenters. The summed E-state index contributed by atoms with van der Waals surface area (Å²) in [5.41, 5.74) is 3.36. The van der Waals surface area contributed by atoms with Crippen LogP contribution in [0, 0.1) is 0 Å². The Labute approximate surface area is 110 Å². The summed E-state index contributed by atoms with van der Waals surface area (Å²) in [5.74, 6) is -0.331. The molecule has 0 bridgehead atoms. The minimum Gasteiger partial charge on any atom is -0.465 e. The number of benzene rings is 2. The molecule has 0 spiro atoms. The first-order valence-corrected chi connectivity index (χ1v) is 5.90. The lowest BCUT2D eigenvalue weighted by Gasteiger charge is -2.07. The predicted octanol–water partition coefficient (Wildman–Crippen LogP) is 3.02. The SMILES string of the molecule is COC(=O)c1ccccc1-c1ccc2[nH]ncc2c1. The van der Waals surface area contributed by atoms with Gasteiger partial charge in [0.2, 0.25) is 0 Å². The molecule has 0 radical (unpaired) electrons. The number of nitrogens with zero attached hydrogens (tertiary/aromatic N) is 1. The number of aromatic amines is 1. The van der Waals surface area contributed by atoms with Gasteiger partial charge in [-0.1, -0.05) is 24.3 Å². The molecular weight excluding hydrogens is 240 g/mol. The maximum atomic E-state index is 11.8. The maximum absolute atomic E-state index is 11.8. The number of nitrogens with one attached hydrogen (secondary N) is 1. The van der Waals surface area contributed by atoms with Crippen LogP contribution < -0.4 is 0 Å². The van der Waals surface area contributed by atoms with E-state index in [4.69, 9.17) is 4.74 Å². The van der Waals surface area contributed by atoms with Gasteiger partial charge in [-0.25, -0.2) is 4.79 Å². The minimum absolute atomic E-state index is 0.331. The Balaban J connectivity index is 2.17. The van der Waals surface area contributed by atoms with Crippen LogP contribution in [0.4, 0.5) is 0 Å². The smallest absolute Gasteiger partial charge is 0.338 e. The number of hydrogen-bond donors (Lipinski definition) is 1. The third-order valence-corrected chi connectivity index (χ3v) is 3.08. The van der Waals surface area contributed by atoms with Crippen LogP contribution in [0.15, 0.2) is 48.7 Å². The zero-order valence-corrected chi connectivity index (χ0v) is 10.4. The number of esters is 1. The molecule has 2 aromatic carbocycles. The van der Waals surface area contributed by atoms with E-state index in [1.165, 1.54) is 7.11 Å². The molecule has 0 aliphatic heterocycles. The molecule has 0 saturated heterocycles. The summed E-state index contributed by atoms with van der Waals surface area (Å²) in [6.07, 6.45) is 1.76. The van der Waals surface area contributed by atoms with E-state index in [1.807, 2.05) is 36.4 Å². The summed E-state index contributed by atoms with van der Waals surface area (Å²) < 4.78 is 4.81.